The highest BCUT2D eigenvalue weighted by molar-refractivity contribution is 5.80. The largest absolute Gasteiger partial charge is 0.481 e. The predicted octanol–water partition coefficient (Wildman–Crippen LogP) is 4.91. The van der Waals surface area contributed by atoms with E-state index in [0.717, 1.165) is 18.7 Å². The lowest BCUT2D eigenvalue weighted by atomic mass is 9.87. The van der Waals surface area contributed by atoms with E-state index in [0.29, 0.717) is 12.3 Å². The molecule has 0 fully saturated rings. The van der Waals surface area contributed by atoms with Gasteiger partial charge < -0.3 is 15.0 Å². The van der Waals surface area contributed by atoms with Crippen molar-refractivity contribution in [2.75, 3.05) is 18.0 Å². The Hall–Kier alpha value is -2.49. The Bertz CT molecular complexity index is 742. The Kier molecular flexibility index (Phi) is 7.50. The summed E-state index contributed by atoms with van der Waals surface area (Å²) in [4.78, 5) is 14.7. The van der Waals surface area contributed by atoms with E-state index in [-0.39, 0.29) is 11.3 Å². The Balaban J connectivity index is 1.87. The van der Waals surface area contributed by atoms with Crippen LogP contribution in [0.1, 0.15) is 52.7 Å². The van der Waals surface area contributed by atoms with Gasteiger partial charge >= 0.3 is 0 Å². The number of nitrogens with zero attached hydrogens (tertiary/aromatic N) is 1. The van der Waals surface area contributed by atoms with Gasteiger partial charge in [0.1, 0.15) is 5.75 Å². The van der Waals surface area contributed by atoms with Crippen LogP contribution in [0.5, 0.6) is 5.75 Å². The van der Waals surface area contributed by atoms with Crippen molar-refractivity contribution in [3.8, 4) is 5.75 Å². The molecule has 28 heavy (non-hydrogen) atoms. The molecule has 0 saturated carbocycles. The molecule has 0 aliphatic rings. The molecule has 2 aromatic rings. The molecular formula is C24H34N2O2. The van der Waals surface area contributed by atoms with Crippen LogP contribution in [0.2, 0.25) is 0 Å². The fourth-order valence-corrected chi connectivity index (χ4v) is 3.04. The van der Waals surface area contributed by atoms with Crippen molar-refractivity contribution >= 4 is 11.6 Å². The highest BCUT2D eigenvalue weighted by Gasteiger charge is 2.16. The van der Waals surface area contributed by atoms with Crippen LogP contribution in [0.25, 0.3) is 0 Å². The standard InChI is InChI=1S/C24H34N2O2/c1-7-26(8-2)21-13-9-19(10-14-21)17-25-23(27)18(3)28-22-15-11-20(12-16-22)24(4,5)6/h9-16,18H,7-8,17H2,1-6H3,(H,25,27)/t18-/m0/s1. The van der Waals surface area contributed by atoms with E-state index in [1.54, 1.807) is 6.92 Å². The number of hydrogen-bond donors (Lipinski definition) is 1. The maximum atomic E-state index is 12.4. The lowest BCUT2D eigenvalue weighted by molar-refractivity contribution is -0.127. The SMILES string of the molecule is CCN(CC)c1ccc(CNC(=O)[C@H](C)Oc2ccc(C(C)(C)C)cc2)cc1. The zero-order valence-corrected chi connectivity index (χ0v) is 18.1. The molecule has 2 aromatic carbocycles. The van der Waals surface area contributed by atoms with Gasteiger partial charge in [0.25, 0.3) is 5.91 Å². The Morgan fingerprint density at radius 2 is 1.57 bits per heavy atom. The van der Waals surface area contributed by atoms with Crippen molar-refractivity contribution in [1.29, 1.82) is 0 Å². The van der Waals surface area contributed by atoms with Gasteiger partial charge in [0, 0.05) is 25.3 Å². The topological polar surface area (TPSA) is 41.6 Å². The van der Waals surface area contributed by atoms with Crippen molar-refractivity contribution in [3.63, 3.8) is 0 Å². The Morgan fingerprint density at radius 1 is 1.00 bits per heavy atom. The average molecular weight is 383 g/mol. The molecule has 0 unspecified atom stereocenters. The van der Waals surface area contributed by atoms with E-state index >= 15 is 0 Å². The van der Waals surface area contributed by atoms with E-state index in [1.807, 2.05) is 12.1 Å². The van der Waals surface area contributed by atoms with Crippen LogP contribution in [0.3, 0.4) is 0 Å². The van der Waals surface area contributed by atoms with Gasteiger partial charge in [0.15, 0.2) is 6.10 Å². The maximum Gasteiger partial charge on any atom is 0.261 e. The number of rotatable bonds is 8. The van der Waals surface area contributed by atoms with Gasteiger partial charge in [-0.3, -0.25) is 4.79 Å². The molecule has 1 N–H and O–H groups in total. The highest BCUT2D eigenvalue weighted by Crippen LogP contribution is 2.24. The molecule has 1 atom stereocenters. The predicted molar refractivity (Wildman–Crippen MR) is 117 cm³/mol. The zero-order chi connectivity index (χ0) is 20.7. The molecular weight excluding hydrogens is 348 g/mol. The van der Waals surface area contributed by atoms with Crippen molar-refractivity contribution in [2.24, 2.45) is 0 Å². The number of benzene rings is 2. The van der Waals surface area contributed by atoms with E-state index in [4.69, 9.17) is 4.74 Å². The molecule has 2 rings (SSSR count). The quantitative estimate of drug-likeness (QED) is 0.705. The van der Waals surface area contributed by atoms with Crippen LogP contribution >= 0.6 is 0 Å². The van der Waals surface area contributed by atoms with Gasteiger partial charge in [-0.05, 0) is 61.6 Å². The van der Waals surface area contributed by atoms with Crippen LogP contribution in [0.15, 0.2) is 48.5 Å². The van der Waals surface area contributed by atoms with Crippen LogP contribution in [0.4, 0.5) is 5.69 Å². The number of carbonyl (C=O) groups is 1. The van der Waals surface area contributed by atoms with Gasteiger partial charge in [-0.25, -0.2) is 0 Å². The van der Waals surface area contributed by atoms with Gasteiger partial charge in [-0.1, -0.05) is 45.0 Å². The minimum atomic E-state index is -0.546. The van der Waals surface area contributed by atoms with Gasteiger partial charge in [0.2, 0.25) is 0 Å². The lowest BCUT2D eigenvalue weighted by Crippen LogP contribution is -2.35. The van der Waals surface area contributed by atoms with Crippen molar-refractivity contribution < 1.29 is 9.53 Å². The average Bonchev–Trinajstić information content (AvgIpc) is 2.67. The summed E-state index contributed by atoms with van der Waals surface area (Å²) in [6.45, 7) is 15.1. The first kappa shape index (κ1) is 21.8. The molecule has 0 bridgehead atoms. The number of nitrogens with one attached hydrogen (secondary N) is 1. The molecule has 0 spiro atoms. The van der Waals surface area contributed by atoms with Crippen molar-refractivity contribution in [3.05, 3.63) is 59.7 Å². The number of amides is 1. The Morgan fingerprint density at radius 3 is 2.07 bits per heavy atom. The maximum absolute atomic E-state index is 12.4. The molecule has 0 saturated heterocycles. The van der Waals surface area contributed by atoms with E-state index in [1.165, 1.54) is 11.3 Å². The molecule has 1 amide bonds. The fourth-order valence-electron chi connectivity index (χ4n) is 3.04. The number of anilines is 1. The summed E-state index contributed by atoms with van der Waals surface area (Å²) in [5.74, 6) is 0.590. The van der Waals surface area contributed by atoms with Gasteiger partial charge in [-0.2, -0.15) is 0 Å². The molecule has 0 aliphatic carbocycles. The summed E-state index contributed by atoms with van der Waals surface area (Å²) in [6, 6.07) is 16.3. The molecule has 4 heteroatoms. The number of carbonyl (C=O) groups excluding carboxylic acids is 1. The summed E-state index contributed by atoms with van der Waals surface area (Å²) >= 11 is 0. The van der Waals surface area contributed by atoms with Gasteiger partial charge in [-0.15, -0.1) is 0 Å². The number of ether oxygens (including phenoxy) is 1. The first-order chi connectivity index (χ1) is 13.2. The van der Waals surface area contributed by atoms with Crippen molar-refractivity contribution in [2.45, 2.75) is 59.6 Å². The molecule has 4 nitrogen and oxygen atoms in total. The Labute approximate surface area is 169 Å². The van der Waals surface area contributed by atoms with E-state index in [2.05, 4.69) is 81.2 Å². The second-order valence-corrected chi connectivity index (χ2v) is 8.09. The minimum absolute atomic E-state index is 0.0996. The highest BCUT2D eigenvalue weighted by atomic mass is 16.5. The van der Waals surface area contributed by atoms with Crippen molar-refractivity contribution in [1.82, 2.24) is 5.32 Å². The normalized spacial score (nSPS) is 12.4. The minimum Gasteiger partial charge on any atom is -0.481 e. The summed E-state index contributed by atoms with van der Waals surface area (Å²) < 4.78 is 5.79. The molecule has 0 aliphatic heterocycles. The molecule has 0 aromatic heterocycles. The third-order valence-electron chi connectivity index (χ3n) is 4.93. The third-order valence-corrected chi connectivity index (χ3v) is 4.93. The van der Waals surface area contributed by atoms with Crippen LogP contribution in [0, 0.1) is 0 Å². The molecule has 0 heterocycles. The summed E-state index contributed by atoms with van der Waals surface area (Å²) in [5.41, 5.74) is 3.62. The monoisotopic (exact) mass is 382 g/mol. The molecule has 0 radical (unpaired) electrons. The second kappa shape index (κ2) is 9.63. The van der Waals surface area contributed by atoms with E-state index < -0.39 is 6.10 Å². The summed E-state index contributed by atoms with van der Waals surface area (Å²) in [5, 5.41) is 2.95. The smallest absolute Gasteiger partial charge is 0.261 e. The number of hydrogen-bond acceptors (Lipinski definition) is 3. The first-order valence-corrected chi connectivity index (χ1v) is 10.1. The summed E-state index contributed by atoms with van der Waals surface area (Å²) in [7, 11) is 0. The third kappa shape index (κ3) is 6.01. The van der Waals surface area contributed by atoms with Crippen LogP contribution in [-0.2, 0) is 16.8 Å². The zero-order valence-electron chi connectivity index (χ0n) is 18.1. The summed E-state index contributed by atoms with van der Waals surface area (Å²) in [6.07, 6.45) is -0.546. The van der Waals surface area contributed by atoms with Gasteiger partial charge in [0.05, 0.1) is 0 Å². The lowest BCUT2D eigenvalue weighted by Gasteiger charge is -2.21. The van der Waals surface area contributed by atoms with Crippen LogP contribution < -0.4 is 15.0 Å². The second-order valence-electron chi connectivity index (χ2n) is 8.09. The van der Waals surface area contributed by atoms with E-state index in [9.17, 15) is 4.79 Å². The fraction of sp³-hybridized carbons (Fsp3) is 0.458. The molecule has 152 valence electrons. The van der Waals surface area contributed by atoms with Crippen LogP contribution in [-0.4, -0.2) is 25.1 Å². The first-order valence-electron chi connectivity index (χ1n) is 10.1.